The molecule has 0 bridgehead atoms. The molecule has 1 N–H and O–H groups in total. The molecule has 0 radical (unpaired) electrons. The lowest BCUT2D eigenvalue weighted by atomic mass is 10.1. The van der Waals surface area contributed by atoms with Crippen LogP contribution in [0.4, 0.5) is 13.2 Å². The Morgan fingerprint density at radius 1 is 1.09 bits per heavy atom. The molecule has 0 aliphatic rings. The van der Waals surface area contributed by atoms with E-state index in [-0.39, 0.29) is 11.3 Å². The first-order chi connectivity index (χ1) is 10.9. The number of halogens is 3. The van der Waals surface area contributed by atoms with E-state index < -0.39 is 6.36 Å². The van der Waals surface area contributed by atoms with E-state index in [4.69, 9.17) is 0 Å². The molecule has 0 saturated carbocycles. The molecular formula is C15H10F3N3O2. The summed E-state index contributed by atoms with van der Waals surface area (Å²) in [5.74, 6) is 0.0719. The zero-order valence-corrected chi connectivity index (χ0v) is 11.5. The molecule has 3 aromatic rings. The molecule has 0 spiro atoms. The van der Waals surface area contributed by atoms with Gasteiger partial charge in [-0.25, -0.2) is 9.67 Å². The largest absolute Gasteiger partial charge is 0.573 e. The second kappa shape index (κ2) is 5.64. The van der Waals surface area contributed by atoms with Gasteiger partial charge in [0.15, 0.2) is 5.82 Å². The molecule has 0 atom stereocenters. The molecule has 0 unspecified atom stereocenters. The first-order valence-corrected chi connectivity index (χ1v) is 6.52. The van der Waals surface area contributed by atoms with Crippen LogP contribution in [0.2, 0.25) is 0 Å². The van der Waals surface area contributed by atoms with Gasteiger partial charge >= 0.3 is 6.36 Å². The molecule has 0 saturated heterocycles. The van der Waals surface area contributed by atoms with E-state index in [0.717, 1.165) is 12.1 Å². The number of H-pyrrole nitrogens is 1. The van der Waals surface area contributed by atoms with E-state index in [1.807, 2.05) is 0 Å². The maximum absolute atomic E-state index is 12.4. The van der Waals surface area contributed by atoms with Crippen LogP contribution in [0.15, 0.2) is 59.7 Å². The smallest absolute Gasteiger partial charge is 0.406 e. The van der Waals surface area contributed by atoms with Gasteiger partial charge in [-0.15, -0.1) is 13.2 Å². The Labute approximate surface area is 128 Å². The molecule has 2 aromatic heterocycles. The molecular weight excluding hydrogens is 311 g/mol. The number of pyridine rings is 1. The molecule has 8 heteroatoms. The quantitative estimate of drug-likeness (QED) is 0.806. The van der Waals surface area contributed by atoms with E-state index in [1.54, 1.807) is 24.4 Å². The summed E-state index contributed by atoms with van der Waals surface area (Å²) in [6.07, 6.45) is -1.73. The van der Waals surface area contributed by atoms with E-state index >= 15 is 0 Å². The van der Waals surface area contributed by atoms with Crippen molar-refractivity contribution in [3.63, 3.8) is 0 Å². The fourth-order valence-corrected chi connectivity index (χ4v) is 2.07. The number of hydrogen-bond donors (Lipinski definition) is 1. The highest BCUT2D eigenvalue weighted by Gasteiger charge is 2.31. The Morgan fingerprint density at radius 2 is 1.83 bits per heavy atom. The lowest BCUT2D eigenvalue weighted by molar-refractivity contribution is -0.274. The van der Waals surface area contributed by atoms with Gasteiger partial charge in [0, 0.05) is 12.4 Å². The van der Waals surface area contributed by atoms with Crippen molar-refractivity contribution in [2.24, 2.45) is 0 Å². The van der Waals surface area contributed by atoms with Gasteiger partial charge in [-0.05, 0) is 29.8 Å². The Balaban J connectivity index is 1.91. The molecule has 3 rings (SSSR count). The lowest BCUT2D eigenvalue weighted by Crippen LogP contribution is -2.17. The summed E-state index contributed by atoms with van der Waals surface area (Å²) in [4.78, 5) is 16.4. The molecule has 23 heavy (non-hydrogen) atoms. The number of aromatic amines is 1. The number of benzene rings is 1. The predicted octanol–water partition coefficient (Wildman–Crippen LogP) is 3.13. The molecule has 118 valence electrons. The zero-order chi connectivity index (χ0) is 16.4. The minimum absolute atomic E-state index is 0.314. The Hall–Kier alpha value is -3.03. The summed E-state index contributed by atoms with van der Waals surface area (Å²) in [6.45, 7) is 0. The third-order valence-electron chi connectivity index (χ3n) is 3.05. The second-order valence-electron chi connectivity index (χ2n) is 4.59. The van der Waals surface area contributed by atoms with Crippen molar-refractivity contribution in [1.82, 2.24) is 14.8 Å². The van der Waals surface area contributed by atoms with Crippen molar-refractivity contribution in [2.45, 2.75) is 6.36 Å². The average molecular weight is 321 g/mol. The maximum atomic E-state index is 12.4. The molecule has 2 heterocycles. The maximum Gasteiger partial charge on any atom is 0.573 e. The highest BCUT2D eigenvalue weighted by Crippen LogP contribution is 2.25. The summed E-state index contributed by atoms with van der Waals surface area (Å²) in [5.41, 5.74) is 0.429. The van der Waals surface area contributed by atoms with Crippen LogP contribution in [0.5, 0.6) is 5.75 Å². The number of hydrogen-bond acceptors (Lipinski definition) is 3. The fraction of sp³-hybridized carbons (Fsp3) is 0.0667. The third-order valence-corrected chi connectivity index (χ3v) is 3.05. The zero-order valence-electron chi connectivity index (χ0n) is 11.5. The molecule has 0 fully saturated rings. The summed E-state index contributed by atoms with van der Waals surface area (Å²) in [7, 11) is 0. The van der Waals surface area contributed by atoms with Crippen LogP contribution in [-0.4, -0.2) is 21.1 Å². The molecule has 0 aliphatic carbocycles. The van der Waals surface area contributed by atoms with Crippen LogP contribution in [0.3, 0.4) is 0 Å². The third kappa shape index (κ3) is 3.25. The molecule has 0 amide bonds. The van der Waals surface area contributed by atoms with Gasteiger partial charge in [-0.3, -0.25) is 9.89 Å². The molecule has 5 nitrogen and oxygen atoms in total. The first kappa shape index (κ1) is 14.9. The van der Waals surface area contributed by atoms with Crippen molar-refractivity contribution < 1.29 is 17.9 Å². The van der Waals surface area contributed by atoms with Crippen molar-refractivity contribution in [3.05, 3.63) is 65.2 Å². The van der Waals surface area contributed by atoms with Crippen molar-refractivity contribution in [1.29, 1.82) is 0 Å². The van der Waals surface area contributed by atoms with Crippen LogP contribution < -0.4 is 10.3 Å². The van der Waals surface area contributed by atoms with Gasteiger partial charge in [-0.2, -0.15) is 0 Å². The van der Waals surface area contributed by atoms with Crippen molar-refractivity contribution in [2.75, 3.05) is 0 Å². The normalized spacial score (nSPS) is 11.4. The number of ether oxygens (including phenoxy) is 1. The Morgan fingerprint density at radius 3 is 2.43 bits per heavy atom. The standard InChI is InChI=1S/C15H10F3N3O2/c16-15(17,18)23-11-6-4-10(5-7-11)12-9-20-21(14(12)22)13-3-1-2-8-19-13/h1-9,20H. The summed E-state index contributed by atoms with van der Waals surface area (Å²) < 4.78 is 41.4. The SMILES string of the molecule is O=c1c(-c2ccc(OC(F)(F)F)cc2)c[nH]n1-c1ccccn1. The number of rotatable bonds is 3. The number of nitrogens with zero attached hydrogens (tertiary/aromatic N) is 2. The van der Waals surface area contributed by atoms with Crippen molar-refractivity contribution >= 4 is 0 Å². The second-order valence-corrected chi connectivity index (χ2v) is 4.59. The number of nitrogens with one attached hydrogen (secondary N) is 1. The summed E-state index contributed by atoms with van der Waals surface area (Å²) >= 11 is 0. The first-order valence-electron chi connectivity index (χ1n) is 6.52. The molecule has 1 aromatic carbocycles. The minimum atomic E-state index is -4.75. The van der Waals surface area contributed by atoms with Gasteiger partial charge in [-0.1, -0.05) is 18.2 Å². The topological polar surface area (TPSA) is 59.9 Å². The van der Waals surface area contributed by atoms with Crippen molar-refractivity contribution in [3.8, 4) is 22.7 Å². The van der Waals surface area contributed by atoms with Crippen LogP contribution in [0.25, 0.3) is 16.9 Å². The predicted molar refractivity (Wildman–Crippen MR) is 76.3 cm³/mol. The Kier molecular flexibility index (Phi) is 3.65. The van der Waals surface area contributed by atoms with E-state index in [9.17, 15) is 18.0 Å². The van der Waals surface area contributed by atoms with Gasteiger partial charge in [0.05, 0.1) is 5.56 Å². The average Bonchev–Trinajstić information content (AvgIpc) is 2.89. The van der Waals surface area contributed by atoms with Crippen LogP contribution in [0, 0.1) is 0 Å². The van der Waals surface area contributed by atoms with Crippen LogP contribution in [0.1, 0.15) is 0 Å². The van der Waals surface area contributed by atoms with E-state index in [2.05, 4.69) is 14.8 Å². The number of aromatic nitrogens is 3. The number of alkyl halides is 3. The minimum Gasteiger partial charge on any atom is -0.406 e. The summed E-state index contributed by atoms with van der Waals surface area (Å²) in [5, 5.41) is 2.77. The van der Waals surface area contributed by atoms with Crippen LogP contribution >= 0.6 is 0 Å². The highest BCUT2D eigenvalue weighted by atomic mass is 19.4. The van der Waals surface area contributed by atoms with Crippen LogP contribution in [-0.2, 0) is 0 Å². The van der Waals surface area contributed by atoms with Gasteiger partial charge < -0.3 is 4.74 Å². The fourth-order valence-electron chi connectivity index (χ4n) is 2.07. The van der Waals surface area contributed by atoms with Gasteiger partial charge in [0.1, 0.15) is 5.75 Å². The highest BCUT2D eigenvalue weighted by molar-refractivity contribution is 5.62. The van der Waals surface area contributed by atoms with Gasteiger partial charge in [0.25, 0.3) is 5.56 Å². The molecule has 0 aliphatic heterocycles. The Bertz CT molecular complexity index is 852. The van der Waals surface area contributed by atoms with E-state index in [1.165, 1.54) is 23.0 Å². The monoisotopic (exact) mass is 321 g/mol. The van der Waals surface area contributed by atoms with E-state index in [0.29, 0.717) is 16.9 Å². The lowest BCUT2D eigenvalue weighted by Gasteiger charge is -2.08. The van der Waals surface area contributed by atoms with Gasteiger partial charge in [0.2, 0.25) is 0 Å². The summed E-state index contributed by atoms with van der Waals surface area (Å²) in [6, 6.07) is 10.2.